The van der Waals surface area contributed by atoms with Crippen molar-refractivity contribution < 1.29 is 13.2 Å². The van der Waals surface area contributed by atoms with Gasteiger partial charge in [0.05, 0.1) is 10.6 Å². The second kappa shape index (κ2) is 6.81. The Kier molecular flexibility index (Phi) is 5.26. The summed E-state index contributed by atoms with van der Waals surface area (Å²) in [6, 6.07) is 13.6. The van der Waals surface area contributed by atoms with Crippen molar-refractivity contribution in [3.8, 4) is 0 Å². The summed E-state index contributed by atoms with van der Waals surface area (Å²) < 4.78 is 27.5. The summed E-state index contributed by atoms with van der Waals surface area (Å²) in [6.07, 6.45) is 0. The number of carbonyl (C=O) groups excluding carboxylic acids is 1. The first-order chi connectivity index (χ1) is 10.3. The van der Waals surface area contributed by atoms with Crippen LogP contribution in [-0.4, -0.2) is 19.7 Å². The maximum atomic E-state index is 12.9. The number of benzene rings is 2. The van der Waals surface area contributed by atoms with E-state index in [9.17, 15) is 13.2 Å². The number of nitrogens with zero attached hydrogens (tertiary/aromatic N) is 1. The lowest BCUT2D eigenvalue weighted by molar-refractivity contribution is -0.112. The van der Waals surface area contributed by atoms with Crippen LogP contribution in [0.4, 0.5) is 5.69 Å². The first-order valence-corrected chi connectivity index (χ1v) is 8.99. The molecule has 0 aliphatic carbocycles. The fourth-order valence-corrected chi connectivity index (χ4v) is 4.16. The summed E-state index contributed by atoms with van der Waals surface area (Å²) >= 11 is 8.85. The number of halogens is 2. The van der Waals surface area contributed by atoms with Gasteiger partial charge in [0.25, 0.3) is 10.0 Å². The molecule has 0 saturated heterocycles. The average molecular weight is 403 g/mol. The molecular weight excluding hydrogens is 390 g/mol. The average Bonchev–Trinajstić information content (AvgIpc) is 2.48. The van der Waals surface area contributed by atoms with Gasteiger partial charge in [0.1, 0.15) is 6.04 Å². The quantitative estimate of drug-likeness (QED) is 0.715. The lowest BCUT2D eigenvalue weighted by Gasteiger charge is -2.28. The highest BCUT2D eigenvalue weighted by molar-refractivity contribution is 9.10. The molecule has 0 fully saturated rings. The van der Waals surface area contributed by atoms with Gasteiger partial charge in [0.2, 0.25) is 5.24 Å². The molecule has 1 unspecified atom stereocenters. The number of hydrogen-bond donors (Lipinski definition) is 0. The summed E-state index contributed by atoms with van der Waals surface area (Å²) in [5.74, 6) is 0. The van der Waals surface area contributed by atoms with Gasteiger partial charge < -0.3 is 0 Å². The molecule has 0 amide bonds. The Hall–Kier alpha value is -1.37. The van der Waals surface area contributed by atoms with Crippen LogP contribution in [0.15, 0.2) is 64.0 Å². The van der Waals surface area contributed by atoms with E-state index in [1.54, 1.807) is 42.5 Å². The normalized spacial score (nSPS) is 12.7. The largest absolute Gasteiger partial charge is 0.279 e. The Morgan fingerprint density at radius 1 is 1.14 bits per heavy atom. The van der Waals surface area contributed by atoms with Crippen molar-refractivity contribution in [3.63, 3.8) is 0 Å². The highest BCUT2D eigenvalue weighted by atomic mass is 79.9. The second-order valence-corrected chi connectivity index (χ2v) is 7.68. The van der Waals surface area contributed by atoms with E-state index < -0.39 is 21.3 Å². The van der Waals surface area contributed by atoms with Gasteiger partial charge in [0, 0.05) is 4.47 Å². The molecule has 4 nitrogen and oxygen atoms in total. The maximum Gasteiger partial charge on any atom is 0.265 e. The van der Waals surface area contributed by atoms with Gasteiger partial charge >= 0.3 is 0 Å². The van der Waals surface area contributed by atoms with Crippen molar-refractivity contribution >= 4 is 48.5 Å². The van der Waals surface area contributed by atoms with E-state index in [1.165, 1.54) is 19.1 Å². The fourth-order valence-electron chi connectivity index (χ4n) is 1.98. The van der Waals surface area contributed by atoms with E-state index in [0.29, 0.717) is 10.2 Å². The molecule has 0 bridgehead atoms. The number of carbonyl (C=O) groups is 1. The van der Waals surface area contributed by atoms with Crippen LogP contribution in [0.3, 0.4) is 0 Å². The standard InChI is InChI=1S/C15H13BrClNO3S/c1-11(15(17)19)18(13-7-5-6-12(16)10-13)22(20,21)14-8-3-2-4-9-14/h2-11H,1H3. The molecule has 0 aliphatic rings. The van der Waals surface area contributed by atoms with Crippen molar-refractivity contribution in [2.75, 3.05) is 4.31 Å². The Labute approximate surface area is 142 Å². The molecule has 2 aromatic rings. The Balaban J connectivity index is 2.62. The van der Waals surface area contributed by atoms with Crippen LogP contribution in [0.2, 0.25) is 0 Å². The predicted octanol–water partition coefficient (Wildman–Crippen LogP) is 3.80. The van der Waals surface area contributed by atoms with Gasteiger partial charge in [0.15, 0.2) is 0 Å². The van der Waals surface area contributed by atoms with Gasteiger partial charge in [-0.15, -0.1) is 0 Å². The lowest BCUT2D eigenvalue weighted by atomic mass is 10.3. The summed E-state index contributed by atoms with van der Waals surface area (Å²) in [7, 11) is -3.91. The van der Waals surface area contributed by atoms with Crippen molar-refractivity contribution in [1.82, 2.24) is 0 Å². The monoisotopic (exact) mass is 401 g/mol. The molecule has 1 atom stereocenters. The van der Waals surface area contributed by atoms with Gasteiger partial charge in [-0.3, -0.25) is 9.10 Å². The molecule has 116 valence electrons. The third-order valence-electron chi connectivity index (χ3n) is 3.04. The molecule has 0 heterocycles. The van der Waals surface area contributed by atoms with Crippen molar-refractivity contribution in [1.29, 1.82) is 0 Å². The van der Waals surface area contributed by atoms with Crippen LogP contribution in [0.5, 0.6) is 0 Å². The van der Waals surface area contributed by atoms with E-state index >= 15 is 0 Å². The van der Waals surface area contributed by atoms with Crippen LogP contribution < -0.4 is 4.31 Å². The van der Waals surface area contributed by atoms with E-state index in [0.717, 1.165) is 4.31 Å². The molecule has 0 spiro atoms. The van der Waals surface area contributed by atoms with Crippen LogP contribution in [0, 0.1) is 0 Å². The van der Waals surface area contributed by atoms with E-state index in [4.69, 9.17) is 11.6 Å². The molecular formula is C15H13BrClNO3S. The van der Waals surface area contributed by atoms with Gasteiger partial charge in [-0.2, -0.15) is 0 Å². The van der Waals surface area contributed by atoms with Gasteiger partial charge in [-0.05, 0) is 48.9 Å². The van der Waals surface area contributed by atoms with E-state index in [2.05, 4.69) is 15.9 Å². The zero-order valence-corrected chi connectivity index (χ0v) is 14.8. The summed E-state index contributed by atoms with van der Waals surface area (Å²) in [6.45, 7) is 1.46. The number of anilines is 1. The highest BCUT2D eigenvalue weighted by Crippen LogP contribution is 2.29. The van der Waals surface area contributed by atoms with Crippen LogP contribution in [0.25, 0.3) is 0 Å². The highest BCUT2D eigenvalue weighted by Gasteiger charge is 2.32. The van der Waals surface area contributed by atoms with Crippen molar-refractivity contribution in [2.24, 2.45) is 0 Å². The third kappa shape index (κ3) is 3.51. The maximum absolute atomic E-state index is 12.9. The fraction of sp³-hybridized carbons (Fsp3) is 0.133. The molecule has 0 aliphatic heterocycles. The number of rotatable bonds is 5. The van der Waals surface area contributed by atoms with Gasteiger partial charge in [-0.25, -0.2) is 8.42 Å². The molecule has 2 rings (SSSR count). The third-order valence-corrected chi connectivity index (χ3v) is 5.76. The minimum atomic E-state index is -3.91. The van der Waals surface area contributed by atoms with Crippen LogP contribution in [0.1, 0.15) is 6.92 Å². The number of hydrogen-bond acceptors (Lipinski definition) is 3. The first kappa shape index (κ1) is 17.0. The van der Waals surface area contributed by atoms with Crippen LogP contribution in [-0.2, 0) is 14.8 Å². The van der Waals surface area contributed by atoms with E-state index in [-0.39, 0.29) is 4.90 Å². The zero-order chi connectivity index (χ0) is 16.3. The van der Waals surface area contributed by atoms with Crippen molar-refractivity contribution in [3.05, 3.63) is 59.1 Å². The predicted molar refractivity (Wildman–Crippen MR) is 90.6 cm³/mol. The minimum Gasteiger partial charge on any atom is -0.279 e. The molecule has 0 radical (unpaired) electrons. The minimum absolute atomic E-state index is 0.0970. The van der Waals surface area contributed by atoms with Crippen LogP contribution >= 0.6 is 27.5 Å². The molecule has 7 heteroatoms. The molecule has 2 aromatic carbocycles. The number of sulfonamides is 1. The van der Waals surface area contributed by atoms with E-state index in [1.807, 2.05) is 0 Å². The summed E-state index contributed by atoms with van der Waals surface area (Å²) in [5, 5.41) is -0.750. The second-order valence-electron chi connectivity index (χ2n) is 4.57. The van der Waals surface area contributed by atoms with Crippen molar-refractivity contribution in [2.45, 2.75) is 17.9 Å². The summed E-state index contributed by atoms with van der Waals surface area (Å²) in [4.78, 5) is 11.7. The Bertz CT molecular complexity index is 780. The summed E-state index contributed by atoms with van der Waals surface area (Å²) in [5.41, 5.74) is 0.361. The lowest BCUT2D eigenvalue weighted by Crippen LogP contribution is -2.42. The Morgan fingerprint density at radius 2 is 1.77 bits per heavy atom. The zero-order valence-electron chi connectivity index (χ0n) is 11.6. The molecule has 0 aromatic heterocycles. The smallest absolute Gasteiger partial charge is 0.265 e. The molecule has 22 heavy (non-hydrogen) atoms. The van der Waals surface area contributed by atoms with Gasteiger partial charge in [-0.1, -0.05) is 40.2 Å². The molecule has 0 N–H and O–H groups in total. The topological polar surface area (TPSA) is 54.5 Å². The SMILES string of the molecule is CC(C(=O)Cl)N(c1cccc(Br)c1)S(=O)(=O)c1ccccc1. The first-order valence-electron chi connectivity index (χ1n) is 6.38. The Morgan fingerprint density at radius 3 is 2.32 bits per heavy atom. The molecule has 0 saturated carbocycles.